The number of fused-ring (bicyclic) bond motifs is 1. The first-order valence-corrected chi connectivity index (χ1v) is 9.28. The number of carbonyl (C=O) groups is 1. The Labute approximate surface area is 171 Å². The van der Waals surface area contributed by atoms with Crippen LogP contribution in [-0.2, 0) is 0 Å². The summed E-state index contributed by atoms with van der Waals surface area (Å²) in [5, 5.41) is 5.32. The second-order valence-electron chi connectivity index (χ2n) is 6.43. The minimum Gasteiger partial charge on any atom is -0.494 e. The number of imidazole rings is 1. The molecule has 0 radical (unpaired) electrons. The smallest absolute Gasteiger partial charge is 0.321 e. The van der Waals surface area contributed by atoms with Gasteiger partial charge in [0.05, 0.1) is 24.3 Å². The number of urea groups is 1. The van der Waals surface area contributed by atoms with Crippen LogP contribution in [0, 0.1) is 5.82 Å². The molecule has 0 fully saturated rings. The molecule has 3 N–H and O–H groups in total. The Hall–Kier alpha value is -4.01. The third kappa shape index (κ3) is 3.77. The SMILES string of the molecule is CCNC(=O)Nc1nc2cc(-c3cncc(F)c3)cc(-c3ncccc3OC)c2[nH]1. The lowest BCUT2D eigenvalue weighted by Crippen LogP contribution is -2.28. The first-order valence-electron chi connectivity index (χ1n) is 9.28. The van der Waals surface area contributed by atoms with Gasteiger partial charge in [0.1, 0.15) is 17.3 Å². The summed E-state index contributed by atoms with van der Waals surface area (Å²) in [5.74, 6) is 0.410. The first-order chi connectivity index (χ1) is 14.6. The van der Waals surface area contributed by atoms with Crippen molar-refractivity contribution >= 4 is 23.0 Å². The van der Waals surface area contributed by atoms with Crippen LogP contribution < -0.4 is 15.4 Å². The normalized spacial score (nSPS) is 10.8. The van der Waals surface area contributed by atoms with Crippen LogP contribution in [0.4, 0.5) is 15.1 Å². The summed E-state index contributed by atoms with van der Waals surface area (Å²) in [4.78, 5) is 27.9. The fourth-order valence-electron chi connectivity index (χ4n) is 3.17. The van der Waals surface area contributed by atoms with Gasteiger partial charge in [-0.2, -0.15) is 0 Å². The largest absolute Gasteiger partial charge is 0.494 e. The van der Waals surface area contributed by atoms with E-state index in [1.54, 1.807) is 37.7 Å². The zero-order valence-corrected chi connectivity index (χ0v) is 16.4. The summed E-state index contributed by atoms with van der Waals surface area (Å²) < 4.78 is 19.2. The number of amides is 2. The van der Waals surface area contributed by atoms with Crippen LogP contribution in [0.2, 0.25) is 0 Å². The van der Waals surface area contributed by atoms with Crippen molar-refractivity contribution in [2.45, 2.75) is 6.92 Å². The fourth-order valence-corrected chi connectivity index (χ4v) is 3.17. The molecule has 9 heteroatoms. The van der Waals surface area contributed by atoms with E-state index in [0.29, 0.717) is 45.7 Å². The number of nitrogens with one attached hydrogen (secondary N) is 3. The second kappa shape index (κ2) is 8.16. The zero-order chi connectivity index (χ0) is 21.1. The van der Waals surface area contributed by atoms with Crippen LogP contribution in [-0.4, -0.2) is 39.6 Å². The number of anilines is 1. The number of rotatable bonds is 5. The maximum Gasteiger partial charge on any atom is 0.321 e. The van der Waals surface area contributed by atoms with Crippen molar-refractivity contribution in [1.29, 1.82) is 0 Å². The van der Waals surface area contributed by atoms with Crippen molar-refractivity contribution in [3.8, 4) is 28.1 Å². The summed E-state index contributed by atoms with van der Waals surface area (Å²) in [6.45, 7) is 2.31. The highest BCUT2D eigenvalue weighted by Gasteiger charge is 2.17. The lowest BCUT2D eigenvalue weighted by molar-refractivity contribution is 0.252. The van der Waals surface area contributed by atoms with Gasteiger partial charge in [-0.15, -0.1) is 0 Å². The predicted octanol–water partition coefficient (Wildman–Crippen LogP) is 3.98. The number of H-pyrrole nitrogens is 1. The lowest BCUT2D eigenvalue weighted by atomic mass is 10.0. The number of hydrogen-bond acceptors (Lipinski definition) is 5. The average Bonchev–Trinajstić information content (AvgIpc) is 3.15. The van der Waals surface area contributed by atoms with Crippen LogP contribution in [0.5, 0.6) is 5.75 Å². The minimum atomic E-state index is -0.440. The molecule has 0 atom stereocenters. The van der Waals surface area contributed by atoms with Gasteiger partial charge in [-0.1, -0.05) is 0 Å². The third-order valence-corrected chi connectivity index (χ3v) is 4.45. The van der Waals surface area contributed by atoms with Crippen LogP contribution in [0.25, 0.3) is 33.4 Å². The Morgan fingerprint density at radius 3 is 2.87 bits per heavy atom. The molecule has 3 aromatic heterocycles. The minimum absolute atomic E-state index is 0.279. The van der Waals surface area contributed by atoms with Crippen molar-refractivity contribution in [2.75, 3.05) is 19.0 Å². The zero-order valence-electron chi connectivity index (χ0n) is 16.4. The molecular weight excluding hydrogens is 387 g/mol. The van der Waals surface area contributed by atoms with Gasteiger partial charge >= 0.3 is 6.03 Å². The molecule has 0 aliphatic rings. The third-order valence-electron chi connectivity index (χ3n) is 4.45. The van der Waals surface area contributed by atoms with E-state index in [4.69, 9.17) is 4.74 Å². The molecule has 4 aromatic rings. The summed E-state index contributed by atoms with van der Waals surface area (Å²) in [6, 6.07) is 8.25. The summed E-state index contributed by atoms with van der Waals surface area (Å²) in [6.07, 6.45) is 4.38. The molecule has 2 amide bonds. The van der Waals surface area contributed by atoms with E-state index in [1.807, 2.05) is 13.0 Å². The Morgan fingerprint density at radius 1 is 1.23 bits per heavy atom. The molecule has 30 heavy (non-hydrogen) atoms. The maximum atomic E-state index is 13.8. The number of benzene rings is 1. The molecule has 3 heterocycles. The number of ether oxygens (including phenoxy) is 1. The Morgan fingerprint density at radius 2 is 2.10 bits per heavy atom. The first kappa shape index (κ1) is 19.3. The van der Waals surface area contributed by atoms with E-state index < -0.39 is 5.82 Å². The molecule has 152 valence electrons. The number of methoxy groups -OCH3 is 1. The number of pyridine rings is 2. The molecule has 0 aliphatic carbocycles. The lowest BCUT2D eigenvalue weighted by Gasteiger charge is -2.10. The van der Waals surface area contributed by atoms with Gasteiger partial charge in [0.25, 0.3) is 0 Å². The quantitative estimate of drug-likeness (QED) is 0.465. The molecule has 0 unspecified atom stereocenters. The molecule has 0 bridgehead atoms. The van der Waals surface area contributed by atoms with Crippen LogP contribution in [0.1, 0.15) is 6.92 Å². The highest BCUT2D eigenvalue weighted by Crippen LogP contribution is 2.36. The number of aromatic amines is 1. The van der Waals surface area contributed by atoms with E-state index in [0.717, 1.165) is 6.20 Å². The Bertz CT molecular complexity index is 1220. The second-order valence-corrected chi connectivity index (χ2v) is 6.43. The van der Waals surface area contributed by atoms with Gasteiger partial charge in [0.15, 0.2) is 0 Å². The van der Waals surface area contributed by atoms with Crippen LogP contribution >= 0.6 is 0 Å². The predicted molar refractivity (Wildman–Crippen MR) is 112 cm³/mol. The van der Waals surface area contributed by atoms with Gasteiger partial charge in [0, 0.05) is 30.1 Å². The summed E-state index contributed by atoms with van der Waals surface area (Å²) in [5.41, 5.74) is 3.81. The molecule has 0 saturated carbocycles. The fraction of sp³-hybridized carbons (Fsp3) is 0.143. The summed E-state index contributed by atoms with van der Waals surface area (Å²) in [7, 11) is 1.56. The van der Waals surface area contributed by atoms with Crippen molar-refractivity contribution in [2.24, 2.45) is 0 Å². The van der Waals surface area contributed by atoms with E-state index >= 15 is 0 Å². The highest BCUT2D eigenvalue weighted by molar-refractivity contribution is 5.98. The number of aromatic nitrogens is 4. The standard InChI is InChI=1S/C21H19FN6O2/c1-3-24-21(29)28-20-26-16-9-12(13-7-14(22)11-23-10-13)8-15(18(16)27-20)19-17(30-2)5-4-6-25-19/h4-11H,3H2,1-2H3,(H3,24,26,27,28,29). The molecular formula is C21H19FN6O2. The number of nitrogens with zero attached hydrogens (tertiary/aromatic N) is 3. The Kier molecular flexibility index (Phi) is 5.25. The van der Waals surface area contributed by atoms with Gasteiger partial charge in [0.2, 0.25) is 5.95 Å². The van der Waals surface area contributed by atoms with Gasteiger partial charge < -0.3 is 15.0 Å². The maximum absolute atomic E-state index is 13.8. The van der Waals surface area contributed by atoms with E-state index in [2.05, 4.69) is 30.6 Å². The van der Waals surface area contributed by atoms with Gasteiger partial charge in [-0.3, -0.25) is 15.3 Å². The molecule has 1 aromatic carbocycles. The molecule has 8 nitrogen and oxygen atoms in total. The van der Waals surface area contributed by atoms with Crippen LogP contribution in [0.3, 0.4) is 0 Å². The van der Waals surface area contributed by atoms with E-state index in [-0.39, 0.29) is 12.0 Å². The molecule has 4 rings (SSSR count). The number of halogens is 1. The summed E-state index contributed by atoms with van der Waals surface area (Å²) >= 11 is 0. The Balaban J connectivity index is 1.92. The average molecular weight is 406 g/mol. The van der Waals surface area contributed by atoms with Crippen LogP contribution in [0.15, 0.2) is 48.9 Å². The topological polar surface area (TPSA) is 105 Å². The van der Waals surface area contributed by atoms with Crippen molar-refractivity contribution in [1.82, 2.24) is 25.3 Å². The molecule has 0 spiro atoms. The van der Waals surface area contributed by atoms with Gasteiger partial charge in [-0.25, -0.2) is 14.2 Å². The monoisotopic (exact) mass is 406 g/mol. The molecule has 0 saturated heterocycles. The highest BCUT2D eigenvalue weighted by atomic mass is 19.1. The van der Waals surface area contributed by atoms with Gasteiger partial charge in [-0.05, 0) is 42.8 Å². The van der Waals surface area contributed by atoms with E-state index in [9.17, 15) is 9.18 Å². The van der Waals surface area contributed by atoms with Crippen molar-refractivity contribution < 1.29 is 13.9 Å². The van der Waals surface area contributed by atoms with Crippen molar-refractivity contribution in [3.63, 3.8) is 0 Å². The van der Waals surface area contributed by atoms with Crippen molar-refractivity contribution in [3.05, 3.63) is 54.7 Å². The van der Waals surface area contributed by atoms with E-state index in [1.165, 1.54) is 6.07 Å². The number of carbonyl (C=O) groups excluding carboxylic acids is 1. The number of hydrogen-bond donors (Lipinski definition) is 3. The molecule has 0 aliphatic heterocycles.